The number of amides is 1. The molecule has 1 saturated heterocycles. The molecule has 0 unspecified atom stereocenters. The van der Waals surface area contributed by atoms with Crippen LogP contribution in [0.5, 0.6) is 0 Å². The lowest BCUT2D eigenvalue weighted by Gasteiger charge is -2.33. The van der Waals surface area contributed by atoms with Gasteiger partial charge in [-0.15, -0.1) is 0 Å². The molecule has 150 valence electrons. The van der Waals surface area contributed by atoms with Gasteiger partial charge in [0.05, 0.1) is 4.90 Å². The highest BCUT2D eigenvalue weighted by molar-refractivity contribution is 7.89. The van der Waals surface area contributed by atoms with Crippen LogP contribution in [-0.2, 0) is 10.0 Å². The summed E-state index contributed by atoms with van der Waals surface area (Å²) in [6.45, 7) is 0.657. The van der Waals surface area contributed by atoms with Gasteiger partial charge in [0.15, 0.2) is 11.5 Å². The summed E-state index contributed by atoms with van der Waals surface area (Å²) in [5.74, 6) is -0.444. The van der Waals surface area contributed by atoms with Crippen LogP contribution in [0.15, 0.2) is 70.1 Å². The summed E-state index contributed by atoms with van der Waals surface area (Å²) in [5.41, 5.74) is 0.982. The minimum Gasteiger partial charge on any atom is -0.355 e. The number of aromatic nitrogens is 1. The van der Waals surface area contributed by atoms with Crippen LogP contribution >= 0.6 is 0 Å². The van der Waals surface area contributed by atoms with E-state index in [2.05, 4.69) is 5.16 Å². The van der Waals surface area contributed by atoms with Gasteiger partial charge in [0, 0.05) is 37.8 Å². The average Bonchev–Trinajstić information content (AvgIpc) is 3.24. The van der Waals surface area contributed by atoms with Gasteiger partial charge in [-0.2, -0.15) is 4.31 Å². The van der Waals surface area contributed by atoms with Crippen molar-refractivity contribution in [3.63, 3.8) is 0 Å². The lowest BCUT2D eigenvalue weighted by atomic mass is 10.1. The van der Waals surface area contributed by atoms with Gasteiger partial charge in [0.2, 0.25) is 10.0 Å². The molecule has 0 radical (unpaired) electrons. The van der Waals surface area contributed by atoms with Crippen molar-refractivity contribution in [2.75, 3.05) is 26.2 Å². The van der Waals surface area contributed by atoms with Crippen molar-refractivity contribution < 1.29 is 22.1 Å². The highest BCUT2D eigenvalue weighted by atomic mass is 32.2. The highest BCUT2D eigenvalue weighted by Crippen LogP contribution is 2.22. The van der Waals surface area contributed by atoms with Crippen LogP contribution in [0.3, 0.4) is 0 Å². The maximum absolute atomic E-state index is 13.4. The lowest BCUT2D eigenvalue weighted by Crippen LogP contribution is -2.50. The molecule has 2 aromatic carbocycles. The molecular formula is C20H18FN3O4S. The van der Waals surface area contributed by atoms with E-state index >= 15 is 0 Å². The SMILES string of the molecule is O=C(c1cc(-c2ccccc2)on1)N1CCN(S(=O)(=O)c2cccc(F)c2)CC1. The van der Waals surface area contributed by atoms with Gasteiger partial charge in [-0.3, -0.25) is 4.79 Å². The molecule has 7 nitrogen and oxygen atoms in total. The van der Waals surface area contributed by atoms with E-state index in [0.717, 1.165) is 11.6 Å². The number of rotatable bonds is 4. The number of hydrogen-bond acceptors (Lipinski definition) is 5. The second kappa shape index (κ2) is 7.76. The number of piperazine rings is 1. The molecule has 1 fully saturated rings. The number of halogens is 1. The third-order valence-corrected chi connectivity index (χ3v) is 6.64. The van der Waals surface area contributed by atoms with Gasteiger partial charge in [-0.05, 0) is 18.2 Å². The van der Waals surface area contributed by atoms with Crippen molar-refractivity contribution in [3.8, 4) is 11.3 Å². The fraction of sp³-hybridized carbons (Fsp3) is 0.200. The summed E-state index contributed by atoms with van der Waals surface area (Å²) in [6, 6.07) is 15.8. The maximum Gasteiger partial charge on any atom is 0.276 e. The Hall–Kier alpha value is -3.04. The quantitative estimate of drug-likeness (QED) is 0.654. The number of carbonyl (C=O) groups is 1. The predicted molar refractivity (Wildman–Crippen MR) is 103 cm³/mol. The molecule has 1 amide bonds. The number of carbonyl (C=O) groups excluding carboxylic acids is 1. The van der Waals surface area contributed by atoms with Crippen LogP contribution in [0.1, 0.15) is 10.5 Å². The van der Waals surface area contributed by atoms with Crippen molar-refractivity contribution in [3.05, 3.63) is 72.2 Å². The Morgan fingerprint density at radius 3 is 2.38 bits per heavy atom. The minimum absolute atomic E-state index is 0.0960. The Kier molecular flexibility index (Phi) is 5.16. The summed E-state index contributed by atoms with van der Waals surface area (Å²) in [6.07, 6.45) is 0. The van der Waals surface area contributed by atoms with Crippen LogP contribution < -0.4 is 0 Å². The van der Waals surface area contributed by atoms with Crippen molar-refractivity contribution in [2.24, 2.45) is 0 Å². The molecule has 0 saturated carbocycles. The topological polar surface area (TPSA) is 83.7 Å². The zero-order valence-corrected chi connectivity index (χ0v) is 16.2. The Morgan fingerprint density at radius 1 is 0.966 bits per heavy atom. The largest absolute Gasteiger partial charge is 0.355 e. The minimum atomic E-state index is -3.81. The molecule has 0 aliphatic carbocycles. The van der Waals surface area contributed by atoms with Gasteiger partial charge in [-0.25, -0.2) is 12.8 Å². The maximum atomic E-state index is 13.4. The fourth-order valence-electron chi connectivity index (χ4n) is 3.18. The van der Waals surface area contributed by atoms with E-state index < -0.39 is 15.8 Å². The second-order valence-electron chi connectivity index (χ2n) is 6.60. The second-order valence-corrected chi connectivity index (χ2v) is 8.53. The third kappa shape index (κ3) is 3.92. The number of sulfonamides is 1. The van der Waals surface area contributed by atoms with Crippen LogP contribution in [0.4, 0.5) is 4.39 Å². The summed E-state index contributed by atoms with van der Waals surface area (Å²) >= 11 is 0. The van der Waals surface area contributed by atoms with Crippen molar-refractivity contribution in [2.45, 2.75) is 4.90 Å². The summed E-state index contributed by atoms with van der Waals surface area (Å²) in [7, 11) is -3.81. The van der Waals surface area contributed by atoms with Gasteiger partial charge in [0.1, 0.15) is 5.82 Å². The molecule has 0 spiro atoms. The normalized spacial score (nSPS) is 15.4. The Morgan fingerprint density at radius 2 is 1.69 bits per heavy atom. The summed E-state index contributed by atoms with van der Waals surface area (Å²) in [5, 5.41) is 3.85. The Bertz CT molecular complexity index is 1120. The molecule has 0 bridgehead atoms. The van der Waals surface area contributed by atoms with Crippen molar-refractivity contribution in [1.29, 1.82) is 0 Å². The van der Waals surface area contributed by atoms with Crippen molar-refractivity contribution >= 4 is 15.9 Å². The first-order chi connectivity index (χ1) is 13.9. The predicted octanol–water partition coefficient (Wildman–Crippen LogP) is 2.63. The van der Waals surface area contributed by atoms with E-state index in [1.54, 1.807) is 6.07 Å². The van der Waals surface area contributed by atoms with Crippen LogP contribution in [0, 0.1) is 5.82 Å². The van der Waals surface area contributed by atoms with E-state index in [9.17, 15) is 17.6 Å². The van der Waals surface area contributed by atoms with Crippen LogP contribution in [-0.4, -0.2) is 54.9 Å². The number of hydrogen-bond donors (Lipinski definition) is 0. The van der Waals surface area contributed by atoms with Gasteiger partial charge < -0.3 is 9.42 Å². The van der Waals surface area contributed by atoms with Gasteiger partial charge >= 0.3 is 0 Å². The van der Waals surface area contributed by atoms with Crippen molar-refractivity contribution in [1.82, 2.24) is 14.4 Å². The van der Waals surface area contributed by atoms with E-state index in [1.165, 1.54) is 27.4 Å². The van der Waals surface area contributed by atoms with Gasteiger partial charge in [-0.1, -0.05) is 41.6 Å². The molecular weight excluding hydrogens is 397 g/mol. The molecule has 0 N–H and O–H groups in total. The molecule has 1 aromatic heterocycles. The fourth-order valence-corrected chi connectivity index (χ4v) is 4.64. The van der Waals surface area contributed by atoms with E-state index in [4.69, 9.17) is 4.52 Å². The first-order valence-corrected chi connectivity index (χ1v) is 10.5. The molecule has 0 atom stereocenters. The standard InChI is InChI=1S/C20H18FN3O4S/c21-16-7-4-8-17(13-16)29(26,27)24-11-9-23(10-12-24)20(25)18-14-19(28-22-18)15-5-2-1-3-6-15/h1-8,13-14H,9-12H2. The van der Waals surface area contributed by atoms with E-state index in [-0.39, 0.29) is 42.7 Å². The summed E-state index contributed by atoms with van der Waals surface area (Å²) in [4.78, 5) is 14.1. The lowest BCUT2D eigenvalue weighted by molar-refractivity contribution is 0.0687. The number of nitrogens with zero attached hydrogens (tertiary/aromatic N) is 3. The van der Waals surface area contributed by atoms with Crippen LogP contribution in [0.2, 0.25) is 0 Å². The monoisotopic (exact) mass is 415 g/mol. The van der Waals surface area contributed by atoms with E-state index in [0.29, 0.717) is 5.76 Å². The zero-order valence-electron chi connectivity index (χ0n) is 15.4. The molecule has 9 heteroatoms. The Balaban J connectivity index is 1.43. The van der Waals surface area contributed by atoms with Gasteiger partial charge in [0.25, 0.3) is 5.91 Å². The smallest absolute Gasteiger partial charge is 0.276 e. The number of benzene rings is 2. The van der Waals surface area contributed by atoms with Crippen LogP contribution in [0.25, 0.3) is 11.3 Å². The first-order valence-electron chi connectivity index (χ1n) is 9.02. The molecule has 3 aromatic rings. The average molecular weight is 415 g/mol. The molecule has 29 heavy (non-hydrogen) atoms. The zero-order chi connectivity index (χ0) is 20.4. The molecule has 2 heterocycles. The molecule has 4 rings (SSSR count). The molecule has 1 aliphatic rings. The van der Waals surface area contributed by atoms with E-state index in [1.807, 2.05) is 30.3 Å². The third-order valence-electron chi connectivity index (χ3n) is 4.75. The Labute approximate surface area is 167 Å². The first kappa shape index (κ1) is 19.3. The highest BCUT2D eigenvalue weighted by Gasteiger charge is 2.31. The molecule has 1 aliphatic heterocycles. The summed E-state index contributed by atoms with van der Waals surface area (Å²) < 4.78 is 45.3.